The summed E-state index contributed by atoms with van der Waals surface area (Å²) >= 11 is 1.61. The SMILES string of the molecule is Cc1cccc([C@H]2CCCC[C@H]2SCC(=O)O)c1. The third kappa shape index (κ3) is 3.52. The first-order valence-corrected chi connectivity index (χ1v) is 7.61. The van der Waals surface area contributed by atoms with Crippen molar-refractivity contribution in [1.82, 2.24) is 0 Å². The van der Waals surface area contributed by atoms with Gasteiger partial charge in [0.15, 0.2) is 0 Å². The number of benzene rings is 1. The summed E-state index contributed by atoms with van der Waals surface area (Å²) in [5, 5.41) is 9.29. The van der Waals surface area contributed by atoms with E-state index in [2.05, 4.69) is 31.2 Å². The zero-order valence-electron chi connectivity index (χ0n) is 10.8. The lowest BCUT2D eigenvalue weighted by atomic mass is 9.83. The summed E-state index contributed by atoms with van der Waals surface area (Å²) in [6.07, 6.45) is 4.85. The zero-order chi connectivity index (χ0) is 13.0. The number of carboxylic acid groups (broad SMARTS) is 1. The number of hydrogen-bond donors (Lipinski definition) is 1. The summed E-state index contributed by atoms with van der Waals surface area (Å²) in [4.78, 5) is 10.7. The normalized spacial score (nSPS) is 23.8. The van der Waals surface area contributed by atoms with Crippen molar-refractivity contribution in [2.45, 2.75) is 43.8 Å². The Labute approximate surface area is 113 Å². The summed E-state index contributed by atoms with van der Waals surface area (Å²) in [5.74, 6) is 0.0593. The van der Waals surface area contributed by atoms with E-state index < -0.39 is 5.97 Å². The predicted octanol–water partition coefficient (Wildman–Crippen LogP) is 3.84. The largest absolute Gasteiger partial charge is 0.481 e. The van der Waals surface area contributed by atoms with Crippen LogP contribution in [0.3, 0.4) is 0 Å². The number of aryl methyl sites for hydroxylation is 1. The molecule has 2 atom stereocenters. The van der Waals surface area contributed by atoms with E-state index in [1.165, 1.54) is 30.4 Å². The van der Waals surface area contributed by atoms with Gasteiger partial charge >= 0.3 is 5.97 Å². The van der Waals surface area contributed by atoms with Crippen LogP contribution in [0.25, 0.3) is 0 Å². The third-order valence-corrected chi connectivity index (χ3v) is 5.00. The maximum absolute atomic E-state index is 10.7. The van der Waals surface area contributed by atoms with Crippen LogP contribution >= 0.6 is 11.8 Å². The van der Waals surface area contributed by atoms with Gasteiger partial charge in [-0.05, 0) is 31.2 Å². The number of rotatable bonds is 4. The molecule has 1 aromatic carbocycles. The molecule has 3 heteroatoms. The van der Waals surface area contributed by atoms with Gasteiger partial charge in [0.25, 0.3) is 0 Å². The molecule has 1 fully saturated rings. The lowest BCUT2D eigenvalue weighted by molar-refractivity contribution is -0.133. The maximum Gasteiger partial charge on any atom is 0.313 e. The van der Waals surface area contributed by atoms with Crippen LogP contribution in [0.1, 0.15) is 42.7 Å². The smallest absolute Gasteiger partial charge is 0.313 e. The molecule has 0 unspecified atom stereocenters. The van der Waals surface area contributed by atoms with Gasteiger partial charge in [-0.3, -0.25) is 4.79 Å². The van der Waals surface area contributed by atoms with E-state index in [1.807, 2.05) is 0 Å². The van der Waals surface area contributed by atoms with Crippen LogP contribution in [0.15, 0.2) is 24.3 Å². The first kappa shape index (κ1) is 13.5. The Morgan fingerprint density at radius 2 is 2.17 bits per heavy atom. The number of thioether (sulfide) groups is 1. The fourth-order valence-electron chi connectivity index (χ4n) is 2.76. The molecule has 1 aliphatic carbocycles. The van der Waals surface area contributed by atoms with Crippen LogP contribution in [0, 0.1) is 6.92 Å². The third-order valence-electron chi connectivity index (χ3n) is 3.59. The van der Waals surface area contributed by atoms with E-state index in [0.717, 1.165) is 6.42 Å². The Kier molecular flexibility index (Phi) is 4.70. The highest BCUT2D eigenvalue weighted by Gasteiger charge is 2.27. The lowest BCUT2D eigenvalue weighted by Crippen LogP contribution is -2.21. The van der Waals surface area contributed by atoms with E-state index in [4.69, 9.17) is 5.11 Å². The van der Waals surface area contributed by atoms with E-state index >= 15 is 0 Å². The Morgan fingerprint density at radius 3 is 2.89 bits per heavy atom. The molecule has 1 N–H and O–H groups in total. The molecule has 98 valence electrons. The van der Waals surface area contributed by atoms with Crippen molar-refractivity contribution in [3.05, 3.63) is 35.4 Å². The minimum absolute atomic E-state index is 0.229. The molecule has 18 heavy (non-hydrogen) atoms. The zero-order valence-corrected chi connectivity index (χ0v) is 11.6. The molecule has 0 radical (unpaired) electrons. The molecule has 1 aromatic rings. The van der Waals surface area contributed by atoms with Crippen molar-refractivity contribution < 1.29 is 9.90 Å². The second kappa shape index (κ2) is 6.28. The van der Waals surface area contributed by atoms with Crippen LogP contribution in [0.5, 0.6) is 0 Å². The van der Waals surface area contributed by atoms with Crippen LogP contribution < -0.4 is 0 Å². The Bertz CT molecular complexity index is 417. The maximum atomic E-state index is 10.7. The standard InChI is InChI=1S/C15H20O2S/c1-11-5-4-6-12(9-11)13-7-2-3-8-14(13)18-10-15(16)17/h4-6,9,13-14H,2-3,7-8,10H2,1H3,(H,16,17)/t13-,14-/m1/s1. The highest BCUT2D eigenvalue weighted by atomic mass is 32.2. The highest BCUT2D eigenvalue weighted by molar-refractivity contribution is 8.00. The molecule has 0 bridgehead atoms. The quantitative estimate of drug-likeness (QED) is 0.897. The van der Waals surface area contributed by atoms with Crippen molar-refractivity contribution in [3.8, 4) is 0 Å². The van der Waals surface area contributed by atoms with Crippen molar-refractivity contribution in [2.24, 2.45) is 0 Å². The highest BCUT2D eigenvalue weighted by Crippen LogP contribution is 2.40. The van der Waals surface area contributed by atoms with Gasteiger partial charge in [-0.2, -0.15) is 0 Å². The molecule has 0 amide bonds. The van der Waals surface area contributed by atoms with Gasteiger partial charge in [-0.1, -0.05) is 42.7 Å². The van der Waals surface area contributed by atoms with Crippen molar-refractivity contribution in [1.29, 1.82) is 0 Å². The van der Waals surface area contributed by atoms with Gasteiger partial charge in [-0.15, -0.1) is 11.8 Å². The molecular formula is C15H20O2S. The summed E-state index contributed by atoms with van der Waals surface area (Å²) in [5.41, 5.74) is 2.68. The van der Waals surface area contributed by atoms with Crippen molar-refractivity contribution in [2.75, 3.05) is 5.75 Å². The summed E-state index contributed by atoms with van der Waals surface area (Å²) < 4.78 is 0. The lowest BCUT2D eigenvalue weighted by Gasteiger charge is -2.31. The first-order chi connectivity index (χ1) is 8.66. The van der Waals surface area contributed by atoms with E-state index in [-0.39, 0.29) is 5.75 Å². The average Bonchev–Trinajstić information content (AvgIpc) is 2.36. The number of aliphatic carboxylic acids is 1. The minimum atomic E-state index is -0.700. The molecule has 1 aliphatic rings. The Morgan fingerprint density at radius 1 is 1.39 bits per heavy atom. The molecule has 2 nitrogen and oxygen atoms in total. The molecule has 0 aliphatic heterocycles. The second-order valence-electron chi connectivity index (χ2n) is 5.05. The van der Waals surface area contributed by atoms with Crippen LogP contribution in [-0.4, -0.2) is 22.1 Å². The molecule has 0 heterocycles. The summed E-state index contributed by atoms with van der Waals surface area (Å²) in [7, 11) is 0. The topological polar surface area (TPSA) is 37.3 Å². The van der Waals surface area contributed by atoms with Crippen molar-refractivity contribution in [3.63, 3.8) is 0 Å². The van der Waals surface area contributed by atoms with E-state index in [0.29, 0.717) is 11.2 Å². The molecule has 0 aromatic heterocycles. The fraction of sp³-hybridized carbons (Fsp3) is 0.533. The molecule has 2 rings (SSSR count). The van der Waals surface area contributed by atoms with Gasteiger partial charge in [0.05, 0.1) is 5.75 Å². The van der Waals surface area contributed by atoms with Gasteiger partial charge in [0.2, 0.25) is 0 Å². The van der Waals surface area contributed by atoms with Gasteiger partial charge in [-0.25, -0.2) is 0 Å². The van der Waals surface area contributed by atoms with Crippen LogP contribution in [0.2, 0.25) is 0 Å². The van der Waals surface area contributed by atoms with E-state index in [1.54, 1.807) is 11.8 Å². The van der Waals surface area contributed by atoms with Crippen molar-refractivity contribution >= 4 is 17.7 Å². The number of carbonyl (C=O) groups is 1. The van der Waals surface area contributed by atoms with E-state index in [9.17, 15) is 4.79 Å². The molecule has 0 spiro atoms. The van der Waals surface area contributed by atoms with Crippen LogP contribution in [0.4, 0.5) is 0 Å². The minimum Gasteiger partial charge on any atom is -0.481 e. The fourth-order valence-corrected chi connectivity index (χ4v) is 3.97. The van der Waals surface area contributed by atoms with Gasteiger partial charge < -0.3 is 5.11 Å². The predicted molar refractivity (Wildman–Crippen MR) is 76.3 cm³/mol. The second-order valence-corrected chi connectivity index (χ2v) is 6.28. The average molecular weight is 264 g/mol. The first-order valence-electron chi connectivity index (χ1n) is 6.57. The number of carboxylic acids is 1. The number of hydrogen-bond acceptors (Lipinski definition) is 2. The van der Waals surface area contributed by atoms with Gasteiger partial charge in [0.1, 0.15) is 0 Å². The Balaban J connectivity index is 2.09. The molecule has 1 saturated carbocycles. The monoisotopic (exact) mass is 264 g/mol. The summed E-state index contributed by atoms with van der Waals surface area (Å²) in [6.45, 7) is 2.12. The van der Waals surface area contributed by atoms with Crippen LogP contribution in [-0.2, 0) is 4.79 Å². The molecular weight excluding hydrogens is 244 g/mol. The summed E-state index contributed by atoms with van der Waals surface area (Å²) in [6, 6.07) is 8.67. The Hall–Kier alpha value is -0.960. The molecule has 0 saturated heterocycles. The van der Waals surface area contributed by atoms with Gasteiger partial charge in [0, 0.05) is 5.25 Å².